The Morgan fingerprint density at radius 3 is 2.76 bits per heavy atom. The average Bonchev–Trinajstić information content (AvgIpc) is 2.50. The topological polar surface area (TPSA) is 54.0 Å². The van der Waals surface area contributed by atoms with Crippen molar-refractivity contribution in [3.05, 3.63) is 36.5 Å². The van der Waals surface area contributed by atoms with Crippen molar-refractivity contribution in [2.75, 3.05) is 5.32 Å². The summed E-state index contributed by atoms with van der Waals surface area (Å²) in [5.41, 5.74) is 1.70. The third-order valence-electron chi connectivity index (χ3n) is 4.24. The zero-order valence-electron chi connectivity index (χ0n) is 12.3. The molecule has 1 saturated carbocycles. The summed E-state index contributed by atoms with van der Waals surface area (Å²) < 4.78 is 0. The molecule has 2 aromatic rings. The van der Waals surface area contributed by atoms with Crippen LogP contribution < -0.4 is 10.6 Å². The van der Waals surface area contributed by atoms with E-state index in [4.69, 9.17) is 0 Å². The second-order valence-electron chi connectivity index (χ2n) is 5.93. The van der Waals surface area contributed by atoms with E-state index in [-0.39, 0.29) is 6.03 Å². The number of benzene rings is 1. The number of anilines is 1. The number of hydrogen-bond donors (Lipinski definition) is 2. The molecule has 0 unspecified atom stereocenters. The summed E-state index contributed by atoms with van der Waals surface area (Å²) in [5, 5.41) is 7.00. The molecule has 0 atom stereocenters. The fourth-order valence-corrected chi connectivity index (χ4v) is 2.96. The highest BCUT2D eigenvalue weighted by atomic mass is 16.2. The van der Waals surface area contributed by atoms with Gasteiger partial charge in [-0.1, -0.05) is 13.0 Å². The first kappa shape index (κ1) is 13.9. The van der Waals surface area contributed by atoms with Gasteiger partial charge < -0.3 is 10.6 Å². The molecule has 1 heterocycles. The van der Waals surface area contributed by atoms with E-state index in [1.54, 1.807) is 6.20 Å². The first-order valence-electron chi connectivity index (χ1n) is 7.63. The van der Waals surface area contributed by atoms with Gasteiger partial charge in [0.25, 0.3) is 0 Å². The number of fused-ring (bicyclic) bond motifs is 1. The maximum atomic E-state index is 12.2. The molecule has 0 radical (unpaired) electrons. The molecule has 0 saturated heterocycles. The van der Waals surface area contributed by atoms with E-state index in [9.17, 15) is 4.79 Å². The lowest BCUT2D eigenvalue weighted by Gasteiger charge is -2.27. The van der Waals surface area contributed by atoms with Crippen LogP contribution in [0.5, 0.6) is 0 Å². The Morgan fingerprint density at radius 1 is 1.14 bits per heavy atom. The lowest BCUT2D eigenvalue weighted by atomic mass is 9.87. The molecule has 0 spiro atoms. The lowest BCUT2D eigenvalue weighted by Crippen LogP contribution is -2.39. The normalized spacial score (nSPS) is 22.0. The molecule has 1 fully saturated rings. The van der Waals surface area contributed by atoms with Gasteiger partial charge in [-0.15, -0.1) is 0 Å². The van der Waals surface area contributed by atoms with Crippen LogP contribution in [-0.4, -0.2) is 17.1 Å². The van der Waals surface area contributed by atoms with E-state index < -0.39 is 0 Å². The van der Waals surface area contributed by atoms with Crippen molar-refractivity contribution >= 4 is 22.6 Å². The second-order valence-corrected chi connectivity index (χ2v) is 5.93. The Labute approximate surface area is 125 Å². The van der Waals surface area contributed by atoms with Crippen LogP contribution in [0, 0.1) is 5.92 Å². The summed E-state index contributed by atoms with van der Waals surface area (Å²) in [4.78, 5) is 16.5. The predicted octanol–water partition coefficient (Wildman–Crippen LogP) is 3.94. The highest BCUT2D eigenvalue weighted by Crippen LogP contribution is 2.24. The van der Waals surface area contributed by atoms with Gasteiger partial charge >= 0.3 is 6.03 Å². The van der Waals surface area contributed by atoms with Crippen molar-refractivity contribution in [2.24, 2.45) is 5.92 Å². The summed E-state index contributed by atoms with van der Waals surface area (Å²) in [6.45, 7) is 2.28. The van der Waals surface area contributed by atoms with Gasteiger partial charge in [0.2, 0.25) is 0 Å². The van der Waals surface area contributed by atoms with Crippen LogP contribution >= 0.6 is 0 Å². The quantitative estimate of drug-likeness (QED) is 0.877. The first-order chi connectivity index (χ1) is 10.2. The lowest BCUT2D eigenvalue weighted by molar-refractivity contribution is 0.239. The van der Waals surface area contributed by atoms with Crippen molar-refractivity contribution in [2.45, 2.75) is 38.6 Å². The molecule has 1 aliphatic carbocycles. The number of pyridine rings is 1. The van der Waals surface area contributed by atoms with Crippen molar-refractivity contribution in [1.29, 1.82) is 0 Å². The minimum Gasteiger partial charge on any atom is -0.335 e. The number of nitrogens with zero attached hydrogens (tertiary/aromatic N) is 1. The third-order valence-corrected chi connectivity index (χ3v) is 4.24. The Morgan fingerprint density at radius 2 is 1.95 bits per heavy atom. The van der Waals surface area contributed by atoms with Gasteiger partial charge in [-0.3, -0.25) is 4.98 Å². The van der Waals surface area contributed by atoms with Gasteiger partial charge in [-0.25, -0.2) is 4.79 Å². The highest BCUT2D eigenvalue weighted by molar-refractivity contribution is 6.00. The number of aromatic nitrogens is 1. The number of rotatable bonds is 2. The van der Waals surface area contributed by atoms with Gasteiger partial charge in [0, 0.05) is 17.6 Å². The summed E-state index contributed by atoms with van der Waals surface area (Å²) in [7, 11) is 0. The first-order valence-corrected chi connectivity index (χ1v) is 7.63. The number of nitrogens with one attached hydrogen (secondary N) is 2. The van der Waals surface area contributed by atoms with Gasteiger partial charge in [0.05, 0.1) is 11.2 Å². The molecule has 2 amide bonds. The molecule has 0 bridgehead atoms. The standard InChI is InChI=1S/C17H21N3O/c1-12-7-9-13(10-8-12)19-17(21)20-16-6-2-5-15-14(16)4-3-11-18-15/h2-6,11-13H,7-10H2,1H3,(H2,19,20,21). The van der Waals surface area contributed by atoms with E-state index in [1.807, 2.05) is 30.3 Å². The van der Waals surface area contributed by atoms with E-state index in [2.05, 4.69) is 22.5 Å². The maximum absolute atomic E-state index is 12.2. The van der Waals surface area contributed by atoms with Gasteiger partial charge in [0.1, 0.15) is 0 Å². The summed E-state index contributed by atoms with van der Waals surface area (Å²) in [5.74, 6) is 0.787. The Kier molecular flexibility index (Phi) is 4.04. The summed E-state index contributed by atoms with van der Waals surface area (Å²) in [6, 6.07) is 9.80. The Balaban J connectivity index is 1.66. The van der Waals surface area contributed by atoms with Crippen molar-refractivity contribution in [3.63, 3.8) is 0 Å². The molecule has 4 nitrogen and oxygen atoms in total. The van der Waals surface area contributed by atoms with Gasteiger partial charge in [-0.05, 0) is 55.9 Å². The fourth-order valence-electron chi connectivity index (χ4n) is 2.96. The summed E-state index contributed by atoms with van der Waals surface area (Å²) in [6.07, 6.45) is 6.30. The molecule has 1 aromatic heterocycles. The monoisotopic (exact) mass is 283 g/mol. The minimum absolute atomic E-state index is 0.120. The highest BCUT2D eigenvalue weighted by Gasteiger charge is 2.19. The number of amides is 2. The van der Waals surface area contributed by atoms with Crippen molar-refractivity contribution in [1.82, 2.24) is 10.3 Å². The van der Waals surface area contributed by atoms with Crippen LogP contribution in [-0.2, 0) is 0 Å². The number of hydrogen-bond acceptors (Lipinski definition) is 2. The van der Waals surface area contributed by atoms with Crippen LogP contribution in [0.25, 0.3) is 10.9 Å². The molecule has 3 rings (SSSR count). The van der Waals surface area contributed by atoms with Gasteiger partial charge in [0.15, 0.2) is 0 Å². The molecule has 1 aromatic carbocycles. The van der Waals surface area contributed by atoms with E-state index in [0.29, 0.717) is 6.04 Å². The van der Waals surface area contributed by atoms with Gasteiger partial charge in [-0.2, -0.15) is 0 Å². The molecule has 2 N–H and O–H groups in total. The second kappa shape index (κ2) is 6.12. The Hall–Kier alpha value is -2.10. The van der Waals surface area contributed by atoms with Crippen LogP contribution in [0.4, 0.5) is 10.5 Å². The van der Waals surface area contributed by atoms with Crippen molar-refractivity contribution in [3.8, 4) is 0 Å². The molecular weight excluding hydrogens is 262 g/mol. The molecular formula is C17H21N3O. The number of urea groups is 1. The fraction of sp³-hybridized carbons (Fsp3) is 0.412. The zero-order chi connectivity index (χ0) is 14.7. The van der Waals surface area contributed by atoms with Crippen LogP contribution in [0.15, 0.2) is 36.5 Å². The zero-order valence-corrected chi connectivity index (χ0v) is 12.3. The average molecular weight is 283 g/mol. The smallest absolute Gasteiger partial charge is 0.319 e. The van der Waals surface area contributed by atoms with Crippen molar-refractivity contribution < 1.29 is 4.79 Å². The maximum Gasteiger partial charge on any atom is 0.319 e. The number of carbonyl (C=O) groups excluding carboxylic acids is 1. The van der Waals surface area contributed by atoms with E-state index >= 15 is 0 Å². The minimum atomic E-state index is -0.120. The molecule has 4 heteroatoms. The van der Waals surface area contributed by atoms with E-state index in [1.165, 1.54) is 12.8 Å². The Bertz CT molecular complexity index is 627. The van der Waals surface area contributed by atoms with E-state index in [0.717, 1.165) is 35.3 Å². The van der Waals surface area contributed by atoms with Crippen LogP contribution in [0.3, 0.4) is 0 Å². The van der Waals surface area contributed by atoms with Crippen LogP contribution in [0.2, 0.25) is 0 Å². The molecule has 0 aliphatic heterocycles. The molecule has 1 aliphatic rings. The molecule has 110 valence electrons. The molecule has 21 heavy (non-hydrogen) atoms. The number of carbonyl (C=O) groups is 1. The van der Waals surface area contributed by atoms with Crippen LogP contribution in [0.1, 0.15) is 32.6 Å². The third kappa shape index (κ3) is 3.32. The largest absolute Gasteiger partial charge is 0.335 e. The predicted molar refractivity (Wildman–Crippen MR) is 85.3 cm³/mol. The SMILES string of the molecule is CC1CCC(NC(=O)Nc2cccc3ncccc23)CC1. The summed E-state index contributed by atoms with van der Waals surface area (Å²) >= 11 is 0.